The minimum absolute atomic E-state index is 0.238. The molecule has 0 saturated heterocycles. The number of aliphatic hydroxyl groups excluding tert-OH is 1. The van der Waals surface area contributed by atoms with Crippen molar-refractivity contribution in [3.63, 3.8) is 0 Å². The maximum Gasteiger partial charge on any atom is 0.106 e. The highest BCUT2D eigenvalue weighted by Crippen LogP contribution is 2.39. The molecule has 0 spiro atoms. The Morgan fingerprint density at radius 3 is 2.47 bits per heavy atom. The number of aromatic nitrogens is 1. The number of pyridine rings is 1. The molecule has 0 bridgehead atoms. The Labute approximate surface area is 121 Å². The van der Waals surface area contributed by atoms with Crippen molar-refractivity contribution < 1.29 is 5.11 Å². The van der Waals surface area contributed by atoms with Crippen LogP contribution in [-0.4, -0.2) is 21.4 Å². The molecule has 2 atom stereocenters. The number of benzene rings is 1. The Morgan fingerprint density at radius 1 is 1.00 bits per heavy atom. The molecule has 1 aliphatic carbocycles. The van der Waals surface area contributed by atoms with E-state index in [1.807, 2.05) is 24.3 Å². The molecule has 0 fully saturated rings. The Balaban J connectivity index is 1.66. The first-order chi connectivity index (χ1) is 9.33. The maximum absolute atomic E-state index is 10.2. The quantitative estimate of drug-likeness (QED) is 0.879. The van der Waals surface area contributed by atoms with Crippen molar-refractivity contribution >= 4 is 21.6 Å². The molecule has 3 rings (SSSR count). The van der Waals surface area contributed by atoms with Crippen LogP contribution in [0.25, 0.3) is 0 Å². The minimum Gasteiger partial charge on any atom is -0.392 e. The second-order valence-electron chi connectivity index (χ2n) is 4.63. The number of aliphatic hydroxyl groups is 1. The average Bonchev–Trinajstić information content (AvgIpc) is 2.46. The van der Waals surface area contributed by atoms with Crippen LogP contribution in [0.1, 0.15) is 11.1 Å². The molecule has 0 radical (unpaired) electrons. The number of fused-ring (bicyclic) bond motifs is 1. The van der Waals surface area contributed by atoms with E-state index in [2.05, 4.69) is 23.2 Å². The molecule has 1 aliphatic rings. The van der Waals surface area contributed by atoms with Gasteiger partial charge in [0.2, 0.25) is 0 Å². The lowest BCUT2D eigenvalue weighted by atomic mass is 9.89. The third-order valence-corrected chi connectivity index (χ3v) is 6.07. The summed E-state index contributed by atoms with van der Waals surface area (Å²) in [5, 5.41) is 11.5. The van der Waals surface area contributed by atoms with E-state index in [1.165, 1.54) is 11.1 Å². The third-order valence-electron chi connectivity index (χ3n) is 3.29. The van der Waals surface area contributed by atoms with Gasteiger partial charge in [-0.3, -0.25) is 0 Å². The topological polar surface area (TPSA) is 33.1 Å². The summed E-state index contributed by atoms with van der Waals surface area (Å²) in [5.41, 5.74) is 2.65. The van der Waals surface area contributed by atoms with Crippen LogP contribution in [0.15, 0.2) is 53.7 Å². The van der Waals surface area contributed by atoms with Gasteiger partial charge in [0.1, 0.15) is 5.03 Å². The normalized spacial score (nSPS) is 21.9. The van der Waals surface area contributed by atoms with Crippen LogP contribution >= 0.6 is 21.6 Å². The molecule has 0 aliphatic heterocycles. The van der Waals surface area contributed by atoms with E-state index in [0.29, 0.717) is 0 Å². The summed E-state index contributed by atoms with van der Waals surface area (Å²) in [7, 11) is 3.38. The largest absolute Gasteiger partial charge is 0.392 e. The number of hydrogen-bond donors (Lipinski definition) is 1. The van der Waals surface area contributed by atoms with Gasteiger partial charge >= 0.3 is 0 Å². The molecule has 1 heterocycles. The van der Waals surface area contributed by atoms with E-state index in [4.69, 9.17) is 0 Å². The third kappa shape index (κ3) is 3.14. The van der Waals surface area contributed by atoms with E-state index in [-0.39, 0.29) is 11.4 Å². The van der Waals surface area contributed by atoms with Gasteiger partial charge in [0.25, 0.3) is 0 Å². The molecule has 1 aromatic carbocycles. The Morgan fingerprint density at radius 2 is 1.74 bits per heavy atom. The van der Waals surface area contributed by atoms with Crippen LogP contribution in [0.5, 0.6) is 0 Å². The van der Waals surface area contributed by atoms with Gasteiger partial charge in [0.05, 0.1) is 6.10 Å². The van der Waals surface area contributed by atoms with Gasteiger partial charge in [0.15, 0.2) is 0 Å². The van der Waals surface area contributed by atoms with Crippen molar-refractivity contribution in [2.75, 3.05) is 0 Å². The summed E-state index contributed by atoms with van der Waals surface area (Å²) in [6.07, 6.45) is 3.23. The van der Waals surface area contributed by atoms with Crippen LogP contribution in [0.3, 0.4) is 0 Å². The van der Waals surface area contributed by atoms with Crippen molar-refractivity contribution in [2.24, 2.45) is 0 Å². The number of hydrogen-bond acceptors (Lipinski definition) is 4. The van der Waals surface area contributed by atoms with E-state index in [0.717, 1.165) is 17.9 Å². The van der Waals surface area contributed by atoms with Gasteiger partial charge in [-0.15, -0.1) is 0 Å². The lowest BCUT2D eigenvalue weighted by molar-refractivity contribution is 0.165. The van der Waals surface area contributed by atoms with Gasteiger partial charge in [-0.25, -0.2) is 4.98 Å². The van der Waals surface area contributed by atoms with E-state index in [1.54, 1.807) is 27.8 Å². The van der Waals surface area contributed by atoms with Crippen molar-refractivity contribution in [1.82, 2.24) is 4.98 Å². The maximum atomic E-state index is 10.2. The Bertz CT molecular complexity index is 547. The van der Waals surface area contributed by atoms with Crippen molar-refractivity contribution in [1.29, 1.82) is 0 Å². The number of nitrogens with zero attached hydrogens (tertiary/aromatic N) is 1. The van der Waals surface area contributed by atoms with Gasteiger partial charge < -0.3 is 5.11 Å². The summed E-state index contributed by atoms with van der Waals surface area (Å²) in [6.45, 7) is 0. The first-order valence-electron chi connectivity index (χ1n) is 6.32. The van der Waals surface area contributed by atoms with Crippen molar-refractivity contribution in [2.45, 2.75) is 29.2 Å². The van der Waals surface area contributed by atoms with E-state index in [9.17, 15) is 5.11 Å². The standard InChI is InChI=1S/C15H15NOS2/c17-13-9-11-5-1-2-6-12(11)10-14(13)18-19-15-7-3-4-8-16-15/h1-8,13-14,17H,9-10H2/t13?,14-/m0/s1. The zero-order valence-corrected chi connectivity index (χ0v) is 12.0. The summed E-state index contributed by atoms with van der Waals surface area (Å²) in [5.74, 6) is 0. The minimum atomic E-state index is -0.267. The zero-order chi connectivity index (χ0) is 13.1. The van der Waals surface area contributed by atoms with Crippen LogP contribution in [-0.2, 0) is 12.8 Å². The fourth-order valence-electron chi connectivity index (χ4n) is 2.27. The lowest BCUT2D eigenvalue weighted by Crippen LogP contribution is -2.31. The molecule has 0 saturated carbocycles. The molecule has 2 nitrogen and oxygen atoms in total. The Kier molecular flexibility index (Phi) is 4.11. The average molecular weight is 289 g/mol. The summed E-state index contributed by atoms with van der Waals surface area (Å²) in [6, 6.07) is 14.3. The monoisotopic (exact) mass is 289 g/mol. The molecule has 1 unspecified atom stereocenters. The molecule has 4 heteroatoms. The summed E-state index contributed by atoms with van der Waals surface area (Å²) < 4.78 is 0. The van der Waals surface area contributed by atoms with Crippen molar-refractivity contribution in [3.05, 3.63) is 59.8 Å². The Hall–Kier alpha value is -0.970. The molecule has 19 heavy (non-hydrogen) atoms. The predicted molar refractivity (Wildman–Crippen MR) is 81.3 cm³/mol. The second kappa shape index (κ2) is 5.99. The highest BCUT2D eigenvalue weighted by atomic mass is 33.1. The fraction of sp³-hybridized carbons (Fsp3) is 0.267. The van der Waals surface area contributed by atoms with E-state index >= 15 is 0 Å². The van der Waals surface area contributed by atoms with Crippen LogP contribution < -0.4 is 0 Å². The SMILES string of the molecule is OC1Cc2ccccc2C[C@@H]1SSc1ccccn1. The molecule has 98 valence electrons. The molecular formula is C15H15NOS2. The van der Waals surface area contributed by atoms with Gasteiger partial charge in [-0.05, 0) is 46.9 Å². The van der Waals surface area contributed by atoms with E-state index < -0.39 is 0 Å². The summed E-state index contributed by atoms with van der Waals surface area (Å²) in [4.78, 5) is 4.29. The molecule has 1 aromatic heterocycles. The highest BCUT2D eigenvalue weighted by molar-refractivity contribution is 8.76. The molecule has 1 N–H and O–H groups in total. The second-order valence-corrected chi connectivity index (χ2v) is 7.09. The first-order valence-corrected chi connectivity index (χ1v) is 8.53. The van der Waals surface area contributed by atoms with Crippen molar-refractivity contribution in [3.8, 4) is 0 Å². The zero-order valence-electron chi connectivity index (χ0n) is 10.4. The van der Waals surface area contributed by atoms with Gasteiger partial charge in [-0.1, -0.05) is 41.1 Å². The lowest BCUT2D eigenvalue weighted by Gasteiger charge is -2.28. The predicted octanol–water partition coefficient (Wildman–Crippen LogP) is 3.35. The van der Waals surface area contributed by atoms with Gasteiger partial charge in [-0.2, -0.15) is 0 Å². The smallest absolute Gasteiger partial charge is 0.106 e. The van der Waals surface area contributed by atoms with Crippen LogP contribution in [0.4, 0.5) is 0 Å². The summed E-state index contributed by atoms with van der Waals surface area (Å²) >= 11 is 0. The molecule has 2 aromatic rings. The molecular weight excluding hydrogens is 274 g/mol. The van der Waals surface area contributed by atoms with Crippen LogP contribution in [0, 0.1) is 0 Å². The molecule has 0 amide bonds. The first kappa shape index (κ1) is 13.0. The van der Waals surface area contributed by atoms with Crippen LogP contribution in [0.2, 0.25) is 0 Å². The highest BCUT2D eigenvalue weighted by Gasteiger charge is 2.27. The fourth-order valence-corrected chi connectivity index (χ4v) is 4.75. The number of rotatable bonds is 3. The van der Waals surface area contributed by atoms with Gasteiger partial charge in [0, 0.05) is 11.4 Å².